The van der Waals surface area contributed by atoms with Crippen LogP contribution in [0, 0.1) is 17.8 Å². The van der Waals surface area contributed by atoms with Gasteiger partial charge in [-0.15, -0.1) is 0 Å². The van der Waals surface area contributed by atoms with Gasteiger partial charge in [0.25, 0.3) is 5.91 Å². The third kappa shape index (κ3) is 4.35. The van der Waals surface area contributed by atoms with E-state index in [1.165, 1.54) is 0 Å². The van der Waals surface area contributed by atoms with Crippen molar-refractivity contribution in [3.63, 3.8) is 0 Å². The molecule has 0 radical (unpaired) electrons. The molecule has 1 unspecified atom stereocenters. The second-order valence-corrected chi connectivity index (χ2v) is 9.63. The zero-order valence-electron chi connectivity index (χ0n) is 18.9. The van der Waals surface area contributed by atoms with Crippen LogP contribution in [0.2, 0.25) is 0 Å². The smallest absolute Gasteiger partial charge is 0.407 e. The number of benzene rings is 2. The summed E-state index contributed by atoms with van der Waals surface area (Å²) in [6.07, 6.45) is 0.375. The summed E-state index contributed by atoms with van der Waals surface area (Å²) < 4.78 is 34.1. The van der Waals surface area contributed by atoms with Gasteiger partial charge in [0.05, 0.1) is 12.5 Å². The molecule has 35 heavy (non-hydrogen) atoms. The summed E-state index contributed by atoms with van der Waals surface area (Å²) in [4.78, 5) is 35.5. The minimum absolute atomic E-state index is 0.0203. The number of halogens is 2. The van der Waals surface area contributed by atoms with E-state index in [0.29, 0.717) is 19.3 Å². The molecule has 7 nitrogen and oxygen atoms in total. The van der Waals surface area contributed by atoms with Gasteiger partial charge in [-0.2, -0.15) is 8.78 Å². The van der Waals surface area contributed by atoms with Crippen LogP contribution in [0.3, 0.4) is 0 Å². The molecule has 0 aromatic heterocycles. The zero-order chi connectivity index (χ0) is 24.7. The Hall–Kier alpha value is -3.49. The van der Waals surface area contributed by atoms with Crippen molar-refractivity contribution in [3.05, 3.63) is 59.7 Å². The first-order valence-electron chi connectivity index (χ1n) is 11.7. The van der Waals surface area contributed by atoms with Gasteiger partial charge in [-0.05, 0) is 53.4 Å². The molecule has 2 amide bonds. The van der Waals surface area contributed by atoms with Crippen LogP contribution in [0.15, 0.2) is 48.5 Å². The molecular formula is C26H26F2N2O5. The molecule has 2 aromatic rings. The molecule has 3 aliphatic rings. The van der Waals surface area contributed by atoms with Crippen LogP contribution in [0.4, 0.5) is 13.6 Å². The Labute approximate surface area is 200 Å². The highest BCUT2D eigenvalue weighted by Gasteiger charge is 2.52. The predicted octanol–water partition coefficient (Wildman–Crippen LogP) is 3.78. The summed E-state index contributed by atoms with van der Waals surface area (Å²) in [7, 11) is 0. The number of alkyl carbamates (subject to hydrolysis) is 1. The highest BCUT2D eigenvalue weighted by Crippen LogP contribution is 2.50. The van der Waals surface area contributed by atoms with Gasteiger partial charge in [0, 0.05) is 12.0 Å². The van der Waals surface area contributed by atoms with Gasteiger partial charge in [-0.1, -0.05) is 48.5 Å². The van der Waals surface area contributed by atoms with Crippen molar-refractivity contribution in [2.24, 2.45) is 17.8 Å². The molecule has 2 saturated carbocycles. The number of hydrogen-bond acceptors (Lipinski definition) is 4. The molecule has 4 atom stereocenters. The van der Waals surface area contributed by atoms with Crippen molar-refractivity contribution in [1.82, 2.24) is 10.6 Å². The zero-order valence-corrected chi connectivity index (χ0v) is 18.9. The first kappa shape index (κ1) is 23.3. The summed E-state index contributed by atoms with van der Waals surface area (Å²) >= 11 is 0. The summed E-state index contributed by atoms with van der Waals surface area (Å²) in [5.41, 5.74) is 4.11. The number of fused-ring (bicyclic) bond motifs is 4. The highest BCUT2D eigenvalue weighted by molar-refractivity contribution is 5.85. The third-order valence-corrected chi connectivity index (χ3v) is 7.62. The van der Waals surface area contributed by atoms with Crippen molar-refractivity contribution in [2.45, 2.75) is 37.1 Å². The van der Waals surface area contributed by atoms with Gasteiger partial charge in [-0.3, -0.25) is 9.59 Å². The highest BCUT2D eigenvalue weighted by atomic mass is 19.3. The van der Waals surface area contributed by atoms with E-state index in [9.17, 15) is 23.2 Å². The minimum Gasteiger partial charge on any atom is -0.481 e. The number of carbonyl (C=O) groups is 3. The first-order chi connectivity index (χ1) is 16.7. The van der Waals surface area contributed by atoms with E-state index in [2.05, 4.69) is 5.32 Å². The van der Waals surface area contributed by atoms with Gasteiger partial charge >= 0.3 is 18.0 Å². The molecule has 3 N–H and O–H groups in total. The van der Waals surface area contributed by atoms with Crippen molar-refractivity contribution >= 4 is 18.0 Å². The fourth-order valence-electron chi connectivity index (χ4n) is 5.78. The predicted molar refractivity (Wildman–Crippen MR) is 122 cm³/mol. The Bertz CT molecular complexity index is 1120. The summed E-state index contributed by atoms with van der Waals surface area (Å²) in [6.45, 7) is -1.21. The number of aliphatic carboxylic acids is 1. The van der Waals surface area contributed by atoms with Crippen molar-refractivity contribution in [3.8, 4) is 11.1 Å². The van der Waals surface area contributed by atoms with E-state index in [1.54, 1.807) is 0 Å². The topological polar surface area (TPSA) is 105 Å². The van der Waals surface area contributed by atoms with E-state index >= 15 is 0 Å². The number of rotatable bonds is 7. The Morgan fingerprint density at radius 1 is 0.971 bits per heavy atom. The molecule has 0 heterocycles. The Kier molecular flexibility index (Phi) is 5.94. The van der Waals surface area contributed by atoms with E-state index in [-0.39, 0.29) is 24.4 Å². The lowest BCUT2D eigenvalue weighted by Crippen LogP contribution is -2.56. The molecule has 9 heteroatoms. The summed E-state index contributed by atoms with van der Waals surface area (Å²) in [5, 5.41) is 13.5. The lowest BCUT2D eigenvalue weighted by molar-refractivity contribution is -0.147. The van der Waals surface area contributed by atoms with E-state index in [4.69, 9.17) is 9.84 Å². The number of amides is 2. The summed E-state index contributed by atoms with van der Waals surface area (Å²) in [5.74, 6) is -6.81. The minimum atomic E-state index is -3.82. The lowest BCUT2D eigenvalue weighted by Gasteiger charge is -2.41. The van der Waals surface area contributed by atoms with Gasteiger partial charge < -0.3 is 20.5 Å². The normalized spacial score (nSPS) is 24.5. The quantitative estimate of drug-likeness (QED) is 0.555. The van der Waals surface area contributed by atoms with Gasteiger partial charge in [0.1, 0.15) is 6.61 Å². The molecule has 2 aromatic carbocycles. The Morgan fingerprint density at radius 2 is 1.60 bits per heavy atom. The van der Waals surface area contributed by atoms with Crippen LogP contribution < -0.4 is 10.6 Å². The summed E-state index contributed by atoms with van der Waals surface area (Å²) in [6, 6.07) is 15.1. The molecule has 5 rings (SSSR count). The SMILES string of the molecule is O=C(NCC(F)(F)C(=O)N[C@@H]1C[C@@H]2CC(C(=O)O)C[C@@H]21)OCC1c2ccccc2-c2ccccc21. The van der Waals surface area contributed by atoms with Crippen LogP contribution in [-0.2, 0) is 14.3 Å². The number of carbonyl (C=O) groups excluding carboxylic acids is 2. The molecule has 3 aliphatic carbocycles. The van der Waals surface area contributed by atoms with Crippen LogP contribution in [0.5, 0.6) is 0 Å². The van der Waals surface area contributed by atoms with E-state index in [1.807, 2.05) is 53.8 Å². The van der Waals surface area contributed by atoms with Gasteiger partial charge in [-0.25, -0.2) is 4.79 Å². The molecule has 0 aliphatic heterocycles. The van der Waals surface area contributed by atoms with Gasteiger partial charge in [0.2, 0.25) is 0 Å². The number of alkyl halides is 2. The number of carboxylic acids is 1. The van der Waals surface area contributed by atoms with Crippen molar-refractivity contribution in [1.29, 1.82) is 0 Å². The van der Waals surface area contributed by atoms with Crippen molar-refractivity contribution < 1.29 is 33.0 Å². The number of hydrogen-bond donors (Lipinski definition) is 3. The molecule has 2 fully saturated rings. The molecule has 0 bridgehead atoms. The van der Waals surface area contributed by atoms with Crippen LogP contribution in [0.1, 0.15) is 36.3 Å². The molecular weight excluding hydrogens is 458 g/mol. The number of carboxylic acid groups (broad SMARTS) is 1. The first-order valence-corrected chi connectivity index (χ1v) is 11.7. The molecule has 184 valence electrons. The van der Waals surface area contributed by atoms with Crippen molar-refractivity contribution in [2.75, 3.05) is 13.2 Å². The average molecular weight is 484 g/mol. The monoisotopic (exact) mass is 484 g/mol. The maximum Gasteiger partial charge on any atom is 0.407 e. The number of ether oxygens (including phenoxy) is 1. The maximum atomic E-state index is 14.4. The largest absolute Gasteiger partial charge is 0.481 e. The second-order valence-electron chi connectivity index (χ2n) is 9.63. The Morgan fingerprint density at radius 3 is 2.23 bits per heavy atom. The van der Waals surface area contributed by atoms with E-state index < -0.39 is 42.4 Å². The van der Waals surface area contributed by atoms with Crippen LogP contribution >= 0.6 is 0 Å². The molecule has 0 saturated heterocycles. The number of nitrogens with one attached hydrogen (secondary N) is 2. The fourth-order valence-corrected chi connectivity index (χ4v) is 5.78. The third-order valence-electron chi connectivity index (χ3n) is 7.62. The van der Waals surface area contributed by atoms with Crippen LogP contribution in [0.25, 0.3) is 11.1 Å². The Balaban J connectivity index is 1.12. The maximum absolute atomic E-state index is 14.4. The standard InChI is InChI=1S/C26H26F2N2O5/c27-26(28,24(33)30-22-11-14-9-15(23(31)32)10-20(14)22)13-29-25(34)35-12-21-18-7-3-1-5-16(18)17-6-2-4-8-19(17)21/h1-8,14-15,20-22H,9-13H2,(H,29,34)(H,30,33)(H,31,32)/t14-,15?,20-,22+/m0/s1. The van der Waals surface area contributed by atoms with Crippen LogP contribution in [-0.4, -0.2) is 48.2 Å². The average Bonchev–Trinajstić information content (AvgIpc) is 3.35. The van der Waals surface area contributed by atoms with E-state index in [0.717, 1.165) is 22.3 Å². The lowest BCUT2D eigenvalue weighted by atomic mass is 9.71. The fraction of sp³-hybridized carbons (Fsp3) is 0.423. The molecule has 0 spiro atoms. The second kappa shape index (κ2) is 8.94. The van der Waals surface area contributed by atoms with Gasteiger partial charge in [0.15, 0.2) is 0 Å².